The summed E-state index contributed by atoms with van der Waals surface area (Å²) in [5, 5.41) is 1.31. The van der Waals surface area contributed by atoms with E-state index in [0.717, 1.165) is 13.0 Å². The van der Waals surface area contributed by atoms with E-state index >= 15 is 0 Å². The first-order chi connectivity index (χ1) is 7.22. The minimum atomic E-state index is 0.218. The molecule has 1 unspecified atom stereocenters. The van der Waals surface area contributed by atoms with Crippen LogP contribution in [0.1, 0.15) is 19.4 Å². The molecule has 0 saturated heterocycles. The van der Waals surface area contributed by atoms with Gasteiger partial charge in [-0.3, -0.25) is 0 Å². The summed E-state index contributed by atoms with van der Waals surface area (Å²) in [6, 6.07) is 8.84. The molecule has 0 amide bonds. The number of rotatable bonds is 3. The highest BCUT2D eigenvalue weighted by Gasteiger charge is 2.06. The average molecular weight is 202 g/mol. The van der Waals surface area contributed by atoms with Gasteiger partial charge < -0.3 is 10.3 Å². The van der Waals surface area contributed by atoms with E-state index in [1.807, 2.05) is 0 Å². The first-order valence-electron chi connectivity index (χ1n) is 5.54. The third-order valence-corrected chi connectivity index (χ3v) is 2.75. The van der Waals surface area contributed by atoms with Crippen molar-refractivity contribution in [2.24, 2.45) is 5.73 Å². The van der Waals surface area contributed by atoms with Crippen LogP contribution in [0.4, 0.5) is 0 Å². The number of aryl methyl sites for hydroxylation is 1. The van der Waals surface area contributed by atoms with Gasteiger partial charge in [0.1, 0.15) is 0 Å². The molecule has 0 radical (unpaired) electrons. The second-order valence-electron chi connectivity index (χ2n) is 4.14. The van der Waals surface area contributed by atoms with Gasteiger partial charge in [-0.1, -0.05) is 18.2 Å². The number of hydrogen-bond donors (Lipinski definition) is 1. The first-order valence-corrected chi connectivity index (χ1v) is 5.54. The van der Waals surface area contributed by atoms with Gasteiger partial charge in [-0.15, -0.1) is 0 Å². The second kappa shape index (κ2) is 4.07. The van der Waals surface area contributed by atoms with Gasteiger partial charge in [-0.2, -0.15) is 0 Å². The maximum Gasteiger partial charge on any atom is 0.0513 e. The maximum absolute atomic E-state index is 5.87. The lowest BCUT2D eigenvalue weighted by molar-refractivity contribution is 0.731. The lowest BCUT2D eigenvalue weighted by Gasteiger charge is -2.10. The summed E-state index contributed by atoms with van der Waals surface area (Å²) in [5.41, 5.74) is 8.57. The van der Waals surface area contributed by atoms with Gasteiger partial charge in [0.15, 0.2) is 0 Å². The second-order valence-corrected chi connectivity index (χ2v) is 4.14. The standard InChI is InChI=1S/C13H18N2/c1-3-15-8-7-11-5-4-6-12(13(11)15)9-10(2)14/h4-8,10H,3,9,14H2,1-2H3. The van der Waals surface area contributed by atoms with Crippen LogP contribution in [0, 0.1) is 0 Å². The molecule has 1 heterocycles. The smallest absolute Gasteiger partial charge is 0.0513 e. The molecule has 0 aliphatic rings. The molecule has 2 aromatic rings. The number of aromatic nitrogens is 1. The number of fused-ring (bicyclic) bond motifs is 1. The fraction of sp³-hybridized carbons (Fsp3) is 0.385. The molecule has 0 aliphatic heterocycles. The van der Waals surface area contributed by atoms with Gasteiger partial charge in [0.05, 0.1) is 5.52 Å². The summed E-state index contributed by atoms with van der Waals surface area (Å²) >= 11 is 0. The Labute approximate surface area is 90.7 Å². The van der Waals surface area contributed by atoms with Crippen molar-refractivity contribution in [3.63, 3.8) is 0 Å². The summed E-state index contributed by atoms with van der Waals surface area (Å²) in [7, 11) is 0. The van der Waals surface area contributed by atoms with Crippen LogP contribution in [-0.4, -0.2) is 10.6 Å². The largest absolute Gasteiger partial charge is 0.348 e. The van der Waals surface area contributed by atoms with Gasteiger partial charge in [0, 0.05) is 18.8 Å². The maximum atomic E-state index is 5.87. The van der Waals surface area contributed by atoms with Gasteiger partial charge in [-0.25, -0.2) is 0 Å². The fourth-order valence-corrected chi connectivity index (χ4v) is 2.12. The Hall–Kier alpha value is -1.28. The van der Waals surface area contributed by atoms with Crippen LogP contribution in [0.25, 0.3) is 10.9 Å². The van der Waals surface area contributed by atoms with E-state index in [1.54, 1.807) is 0 Å². The van der Waals surface area contributed by atoms with Crippen LogP contribution in [0.3, 0.4) is 0 Å². The topological polar surface area (TPSA) is 30.9 Å². The molecule has 2 rings (SSSR count). The molecule has 2 heteroatoms. The van der Waals surface area contributed by atoms with E-state index in [2.05, 4.69) is 48.9 Å². The number of nitrogens with two attached hydrogens (primary N) is 1. The van der Waals surface area contributed by atoms with Crippen molar-refractivity contribution in [2.45, 2.75) is 32.9 Å². The predicted molar refractivity (Wildman–Crippen MR) is 65.0 cm³/mol. The van der Waals surface area contributed by atoms with E-state index in [1.165, 1.54) is 16.5 Å². The SMILES string of the molecule is CCn1ccc2cccc(CC(C)N)c21. The summed E-state index contributed by atoms with van der Waals surface area (Å²) in [6.07, 6.45) is 3.09. The van der Waals surface area contributed by atoms with Crippen molar-refractivity contribution in [1.29, 1.82) is 0 Å². The van der Waals surface area contributed by atoms with E-state index in [0.29, 0.717) is 0 Å². The number of para-hydroxylation sites is 1. The summed E-state index contributed by atoms with van der Waals surface area (Å²) < 4.78 is 2.28. The summed E-state index contributed by atoms with van der Waals surface area (Å²) in [5.74, 6) is 0. The lowest BCUT2D eigenvalue weighted by Crippen LogP contribution is -2.18. The molecule has 1 aromatic carbocycles. The van der Waals surface area contributed by atoms with Crippen molar-refractivity contribution in [1.82, 2.24) is 4.57 Å². The Morgan fingerprint density at radius 1 is 1.33 bits per heavy atom. The molecule has 1 aromatic heterocycles. The van der Waals surface area contributed by atoms with E-state index in [9.17, 15) is 0 Å². The van der Waals surface area contributed by atoms with Gasteiger partial charge in [0.2, 0.25) is 0 Å². The van der Waals surface area contributed by atoms with Crippen molar-refractivity contribution in [3.8, 4) is 0 Å². The highest BCUT2D eigenvalue weighted by atomic mass is 14.9. The zero-order chi connectivity index (χ0) is 10.8. The molecule has 0 spiro atoms. The molecule has 15 heavy (non-hydrogen) atoms. The number of benzene rings is 1. The molecule has 0 aliphatic carbocycles. The van der Waals surface area contributed by atoms with Gasteiger partial charge in [-0.05, 0) is 37.3 Å². The predicted octanol–water partition coefficient (Wildman–Crippen LogP) is 2.55. The molecule has 0 saturated carbocycles. The van der Waals surface area contributed by atoms with Crippen molar-refractivity contribution >= 4 is 10.9 Å². The quantitative estimate of drug-likeness (QED) is 0.814. The van der Waals surface area contributed by atoms with Gasteiger partial charge in [0.25, 0.3) is 0 Å². The lowest BCUT2D eigenvalue weighted by atomic mass is 10.0. The summed E-state index contributed by atoms with van der Waals surface area (Å²) in [4.78, 5) is 0. The first kappa shape index (κ1) is 10.2. The minimum Gasteiger partial charge on any atom is -0.348 e. The Morgan fingerprint density at radius 3 is 2.80 bits per heavy atom. The number of hydrogen-bond acceptors (Lipinski definition) is 1. The number of nitrogens with zero attached hydrogens (tertiary/aromatic N) is 1. The third-order valence-electron chi connectivity index (χ3n) is 2.75. The van der Waals surface area contributed by atoms with Crippen LogP contribution >= 0.6 is 0 Å². The third kappa shape index (κ3) is 1.90. The van der Waals surface area contributed by atoms with Crippen LogP contribution in [-0.2, 0) is 13.0 Å². The Balaban J connectivity index is 2.56. The molecule has 0 bridgehead atoms. The van der Waals surface area contributed by atoms with E-state index in [4.69, 9.17) is 5.73 Å². The highest BCUT2D eigenvalue weighted by molar-refractivity contribution is 5.83. The molecule has 0 fully saturated rings. The van der Waals surface area contributed by atoms with Crippen LogP contribution < -0.4 is 5.73 Å². The van der Waals surface area contributed by atoms with E-state index in [-0.39, 0.29) is 6.04 Å². The molecular formula is C13H18N2. The summed E-state index contributed by atoms with van der Waals surface area (Å²) in [6.45, 7) is 5.24. The Bertz CT molecular complexity index is 455. The van der Waals surface area contributed by atoms with Crippen LogP contribution in [0.5, 0.6) is 0 Å². The molecule has 80 valence electrons. The Morgan fingerprint density at radius 2 is 2.13 bits per heavy atom. The van der Waals surface area contributed by atoms with E-state index < -0.39 is 0 Å². The van der Waals surface area contributed by atoms with Crippen molar-refractivity contribution < 1.29 is 0 Å². The molecule has 2 N–H and O–H groups in total. The minimum absolute atomic E-state index is 0.218. The van der Waals surface area contributed by atoms with Crippen LogP contribution in [0.15, 0.2) is 30.5 Å². The average Bonchev–Trinajstić information content (AvgIpc) is 2.61. The van der Waals surface area contributed by atoms with Crippen molar-refractivity contribution in [2.75, 3.05) is 0 Å². The molecule has 2 nitrogen and oxygen atoms in total. The monoisotopic (exact) mass is 202 g/mol. The zero-order valence-electron chi connectivity index (χ0n) is 9.40. The highest BCUT2D eigenvalue weighted by Crippen LogP contribution is 2.21. The fourth-order valence-electron chi connectivity index (χ4n) is 2.12. The Kier molecular flexibility index (Phi) is 2.78. The normalized spacial score (nSPS) is 13.3. The van der Waals surface area contributed by atoms with Gasteiger partial charge >= 0.3 is 0 Å². The zero-order valence-corrected chi connectivity index (χ0v) is 9.40. The van der Waals surface area contributed by atoms with Crippen LogP contribution in [0.2, 0.25) is 0 Å². The molecule has 1 atom stereocenters. The molecular weight excluding hydrogens is 184 g/mol. The van der Waals surface area contributed by atoms with Crippen molar-refractivity contribution in [3.05, 3.63) is 36.0 Å².